The van der Waals surface area contributed by atoms with Crippen molar-refractivity contribution in [1.82, 2.24) is 26.6 Å². The smallest absolute Gasteiger partial charge is 0.237 e. The molecule has 2 aliphatic carbocycles. The van der Waals surface area contributed by atoms with Crippen molar-refractivity contribution in [3.05, 3.63) is 6.61 Å². The van der Waals surface area contributed by atoms with Crippen molar-refractivity contribution >= 4 is 52.9 Å². The molecule has 1 radical (unpaired) electrons. The lowest BCUT2D eigenvalue weighted by Crippen LogP contribution is -2.63. The number of ether oxygens (including phenoxy) is 5. The van der Waals surface area contributed by atoms with Gasteiger partial charge in [0.15, 0.2) is 12.1 Å². The Morgan fingerprint density at radius 2 is 1.40 bits per heavy atom. The second kappa shape index (κ2) is 36.9. The summed E-state index contributed by atoms with van der Waals surface area (Å²) >= 11 is 2.61. The van der Waals surface area contributed by atoms with Gasteiger partial charge in [0.1, 0.15) is 48.8 Å². The molecule has 16 unspecified atom stereocenters. The van der Waals surface area contributed by atoms with Crippen LogP contribution in [0.25, 0.3) is 0 Å². The summed E-state index contributed by atoms with van der Waals surface area (Å²) in [6.45, 7) is 4.77. The van der Waals surface area contributed by atoms with Gasteiger partial charge in [-0.1, -0.05) is 39.0 Å². The fourth-order valence-corrected chi connectivity index (χ4v) is 11.6. The Kier molecular flexibility index (Phi) is 32.2. The van der Waals surface area contributed by atoms with Gasteiger partial charge in [-0.25, -0.2) is 0 Å². The normalized spacial score (nSPS) is 30.2. The van der Waals surface area contributed by atoms with Crippen molar-refractivity contribution < 1.29 is 88.5 Å². The number of likely N-dealkylation sites (N-methyl/N-ethyl adjacent to an activating group) is 1. The standard InChI is InChI=1S/C52H92N5O18S2/c1-31-24-38(45(66)47(68)44(31)65)73-49-37(74-52-48(69)50(46(67)40(27-59)75-52)72-21-17-33-12-5-4-6-13-33)18-22-71-39(49)25-56-41(62)16-11-23-76-29-42(63)54-20-10-8-15-36(53-3)51(70)57-35(32(2)60)14-7-9-19-55-43(64)30-77-28-34(61)26-58/h21,31,33-40,44-50,52-53,58-59,61,65-69H,4-20,22-30H2,1-3H3,(H,54,63)(H,55,64)(H,56,62)(H,57,70). The van der Waals surface area contributed by atoms with Gasteiger partial charge in [-0.05, 0) is 95.8 Å². The summed E-state index contributed by atoms with van der Waals surface area (Å²) in [6, 6.07) is -1.20. The summed E-state index contributed by atoms with van der Waals surface area (Å²) in [7, 11) is 1.67. The lowest BCUT2D eigenvalue weighted by atomic mass is 9.81. The lowest BCUT2D eigenvalue weighted by Gasteiger charge is -2.47. The van der Waals surface area contributed by atoms with E-state index in [2.05, 4.69) is 26.6 Å². The zero-order valence-electron chi connectivity index (χ0n) is 45.3. The number of unbranched alkanes of at least 4 members (excludes halogenated alkanes) is 2. The van der Waals surface area contributed by atoms with E-state index in [1.54, 1.807) is 20.6 Å². The van der Waals surface area contributed by atoms with Crippen LogP contribution in [0.1, 0.15) is 117 Å². The van der Waals surface area contributed by atoms with Crippen LogP contribution in [-0.4, -0.2) is 231 Å². The molecule has 23 nitrogen and oxygen atoms in total. The number of aliphatic hydroxyl groups excluding tert-OH is 8. The van der Waals surface area contributed by atoms with Gasteiger partial charge >= 0.3 is 0 Å². The molecule has 0 aromatic heterocycles. The number of ketones is 1. The molecule has 445 valence electrons. The molecule has 0 bridgehead atoms. The van der Waals surface area contributed by atoms with Crippen LogP contribution in [0.5, 0.6) is 0 Å². The number of carbonyl (C=O) groups excluding carboxylic acids is 5. The maximum Gasteiger partial charge on any atom is 0.237 e. The van der Waals surface area contributed by atoms with Crippen LogP contribution in [0.15, 0.2) is 0 Å². The second-order valence-electron chi connectivity index (χ2n) is 20.9. The number of hydrogen-bond donors (Lipinski definition) is 13. The SMILES string of the molecule is CNC(CCCCNC(=O)CSCCCC(=O)NCC1OCCC(OC2OC(CO)C(O)C(O[CH]CC3CCCCC3)C2O)C1OC1CC(C)C(O)C(O)C1O)C(=O)NC(CCCCNC(=O)CSCC(O)CO)C(C)=O. The van der Waals surface area contributed by atoms with Crippen LogP contribution in [0, 0.1) is 18.4 Å². The highest BCUT2D eigenvalue weighted by atomic mass is 32.2. The summed E-state index contributed by atoms with van der Waals surface area (Å²) in [5, 5.41) is 97.4. The zero-order chi connectivity index (χ0) is 56.3. The quantitative estimate of drug-likeness (QED) is 0.0333. The molecule has 4 fully saturated rings. The number of nitrogens with one attached hydrogen (secondary N) is 5. The number of carbonyl (C=O) groups is 5. The predicted octanol–water partition coefficient (Wildman–Crippen LogP) is -1.06. The fraction of sp³-hybridized carbons (Fsp3) is 0.885. The highest BCUT2D eigenvalue weighted by Crippen LogP contribution is 2.35. The van der Waals surface area contributed by atoms with Crippen molar-refractivity contribution in [2.24, 2.45) is 11.8 Å². The van der Waals surface area contributed by atoms with E-state index in [-0.39, 0.29) is 85.7 Å². The lowest BCUT2D eigenvalue weighted by molar-refractivity contribution is -0.333. The summed E-state index contributed by atoms with van der Waals surface area (Å²) < 4.78 is 30.8. The van der Waals surface area contributed by atoms with E-state index in [9.17, 15) is 59.7 Å². The van der Waals surface area contributed by atoms with Crippen molar-refractivity contribution in [2.75, 3.05) is 69.5 Å². The Labute approximate surface area is 462 Å². The van der Waals surface area contributed by atoms with Gasteiger partial charge in [-0.15, -0.1) is 11.8 Å². The molecule has 77 heavy (non-hydrogen) atoms. The number of Topliss-reactive ketones (excluding diaryl/α,β-unsaturated/α-hetero) is 1. The van der Waals surface area contributed by atoms with Crippen molar-refractivity contribution in [2.45, 2.75) is 208 Å². The van der Waals surface area contributed by atoms with Gasteiger partial charge in [0.05, 0.1) is 67.8 Å². The fourth-order valence-electron chi connectivity index (χ4n) is 10.00. The van der Waals surface area contributed by atoms with Gasteiger partial charge in [0.25, 0.3) is 0 Å². The molecule has 4 amide bonds. The number of thioether (sulfide) groups is 2. The average molecular weight is 1140 g/mol. The van der Waals surface area contributed by atoms with Crippen molar-refractivity contribution in [3.63, 3.8) is 0 Å². The highest BCUT2D eigenvalue weighted by Gasteiger charge is 2.50. The second-order valence-corrected chi connectivity index (χ2v) is 23.1. The maximum absolute atomic E-state index is 13.1. The first-order valence-corrected chi connectivity index (χ1v) is 30.1. The van der Waals surface area contributed by atoms with E-state index >= 15 is 0 Å². The van der Waals surface area contributed by atoms with Gasteiger partial charge in [-0.2, -0.15) is 11.8 Å². The Morgan fingerprint density at radius 3 is 2.05 bits per heavy atom. The molecule has 0 aromatic rings. The topological polar surface area (TPSA) is 353 Å². The van der Waals surface area contributed by atoms with E-state index in [1.807, 2.05) is 0 Å². The first kappa shape index (κ1) is 67.2. The molecule has 0 spiro atoms. The summed E-state index contributed by atoms with van der Waals surface area (Å²) in [4.78, 5) is 63.0. The molecule has 4 rings (SSSR count). The Morgan fingerprint density at radius 1 is 0.727 bits per heavy atom. The third kappa shape index (κ3) is 23.6. The minimum atomic E-state index is -1.48. The number of rotatable bonds is 36. The minimum absolute atomic E-state index is 0.0265. The predicted molar refractivity (Wildman–Crippen MR) is 287 cm³/mol. The first-order chi connectivity index (χ1) is 37.0. The van der Waals surface area contributed by atoms with Crippen LogP contribution >= 0.6 is 23.5 Å². The third-order valence-electron chi connectivity index (χ3n) is 14.7. The van der Waals surface area contributed by atoms with E-state index in [0.717, 1.165) is 25.7 Å². The van der Waals surface area contributed by atoms with E-state index in [4.69, 9.17) is 28.8 Å². The van der Waals surface area contributed by atoms with Crippen LogP contribution in [0.4, 0.5) is 0 Å². The molecular weight excluding hydrogens is 1050 g/mol. The molecule has 2 heterocycles. The molecule has 2 saturated carbocycles. The van der Waals surface area contributed by atoms with Gasteiger partial charge in [0, 0.05) is 38.4 Å². The molecule has 13 N–H and O–H groups in total. The Balaban J connectivity index is 1.16. The van der Waals surface area contributed by atoms with Crippen molar-refractivity contribution in [1.29, 1.82) is 0 Å². The summed E-state index contributed by atoms with van der Waals surface area (Å²) in [5.74, 6) is 0.0502. The monoisotopic (exact) mass is 1140 g/mol. The van der Waals surface area contributed by atoms with E-state index < -0.39 is 104 Å². The number of aliphatic hydroxyl groups is 8. The zero-order valence-corrected chi connectivity index (χ0v) is 46.9. The van der Waals surface area contributed by atoms with Crippen molar-refractivity contribution in [3.8, 4) is 0 Å². The molecule has 2 aliphatic heterocycles. The van der Waals surface area contributed by atoms with E-state index in [1.165, 1.54) is 36.9 Å². The molecule has 0 aromatic carbocycles. The van der Waals surface area contributed by atoms with Crippen LogP contribution in [-0.2, 0) is 47.7 Å². The molecule has 4 aliphatic rings. The highest BCUT2D eigenvalue weighted by molar-refractivity contribution is 8.00. The summed E-state index contributed by atoms with van der Waals surface area (Å²) in [6.07, 6.45) is -4.46. The first-order valence-electron chi connectivity index (χ1n) is 27.8. The van der Waals surface area contributed by atoms with Gasteiger partial charge in [-0.3, -0.25) is 24.0 Å². The molecule has 2 saturated heterocycles. The maximum atomic E-state index is 13.1. The summed E-state index contributed by atoms with van der Waals surface area (Å²) in [5.41, 5.74) is 0. The molecule has 25 heteroatoms. The van der Waals surface area contributed by atoms with Crippen LogP contribution in [0.3, 0.4) is 0 Å². The largest absolute Gasteiger partial charge is 0.394 e. The van der Waals surface area contributed by atoms with E-state index in [0.29, 0.717) is 76.1 Å². The Bertz CT molecular complexity index is 1730. The molecular formula is C52H92N5O18S2. The minimum Gasteiger partial charge on any atom is -0.394 e. The van der Waals surface area contributed by atoms with Gasteiger partial charge in [0.2, 0.25) is 23.6 Å². The number of hydrogen-bond acceptors (Lipinski definition) is 21. The number of amides is 4. The molecule has 16 atom stereocenters. The Hall–Kier alpha value is -2.31. The van der Waals surface area contributed by atoms with Crippen LogP contribution in [0.2, 0.25) is 0 Å². The van der Waals surface area contributed by atoms with Gasteiger partial charge < -0.3 is 91.1 Å². The average Bonchev–Trinajstić information content (AvgIpc) is 3.41. The van der Waals surface area contributed by atoms with Crippen LogP contribution < -0.4 is 26.6 Å². The third-order valence-corrected chi connectivity index (χ3v) is 16.9.